The van der Waals surface area contributed by atoms with E-state index in [4.69, 9.17) is 4.74 Å². The van der Waals surface area contributed by atoms with Crippen LogP contribution in [0.5, 0.6) is 0 Å². The fraction of sp³-hybridized carbons (Fsp3) is 0.750. The summed E-state index contributed by atoms with van der Waals surface area (Å²) in [6.45, 7) is 4.17. The zero-order valence-electron chi connectivity index (χ0n) is 9.21. The van der Waals surface area contributed by atoms with Gasteiger partial charge in [-0.05, 0) is 31.8 Å². The Balaban J connectivity index is 2.17. The molecule has 2 nitrogen and oxygen atoms in total. The van der Waals surface area contributed by atoms with E-state index in [0.29, 0.717) is 6.42 Å². The lowest BCUT2D eigenvalue weighted by atomic mass is 10.2. The first-order valence-corrected chi connectivity index (χ1v) is 5.60. The van der Waals surface area contributed by atoms with Crippen molar-refractivity contribution in [1.29, 1.82) is 0 Å². The van der Waals surface area contributed by atoms with Crippen molar-refractivity contribution in [3.8, 4) is 0 Å². The van der Waals surface area contributed by atoms with Crippen molar-refractivity contribution in [2.45, 2.75) is 58.5 Å². The molecule has 0 saturated carbocycles. The second kappa shape index (κ2) is 5.84. The second-order valence-corrected chi connectivity index (χ2v) is 3.96. The van der Waals surface area contributed by atoms with E-state index in [-0.39, 0.29) is 12.1 Å². The number of ether oxygens (including phenoxy) is 1. The highest BCUT2D eigenvalue weighted by molar-refractivity contribution is 5.69. The molecule has 0 spiro atoms. The van der Waals surface area contributed by atoms with Gasteiger partial charge in [0.15, 0.2) is 0 Å². The van der Waals surface area contributed by atoms with Crippen LogP contribution in [0.25, 0.3) is 0 Å². The lowest BCUT2D eigenvalue weighted by molar-refractivity contribution is -0.147. The van der Waals surface area contributed by atoms with E-state index >= 15 is 0 Å². The maximum atomic E-state index is 11.4. The molecular formula is C12H20O2. The zero-order chi connectivity index (χ0) is 10.4. The third-order valence-corrected chi connectivity index (χ3v) is 2.66. The van der Waals surface area contributed by atoms with E-state index in [9.17, 15) is 4.79 Å². The van der Waals surface area contributed by atoms with Crippen molar-refractivity contribution in [2.75, 3.05) is 0 Å². The molecule has 0 aromatic rings. The predicted molar refractivity (Wildman–Crippen MR) is 57.0 cm³/mol. The lowest BCUT2D eigenvalue weighted by Crippen LogP contribution is -2.16. The standard InChI is InChI=1S/C12H20O2/c1-3-4-5-9-12(13)14-11-8-6-7-10(11)2/h7,11H,3-6,8-9H2,1-2H3. The Kier molecular flexibility index (Phi) is 4.71. The molecule has 0 aliphatic heterocycles. The summed E-state index contributed by atoms with van der Waals surface area (Å²) in [7, 11) is 0. The molecule has 0 aromatic carbocycles. The third kappa shape index (κ3) is 3.52. The molecule has 0 amide bonds. The normalized spacial score (nSPS) is 20.7. The molecule has 0 saturated heterocycles. The van der Waals surface area contributed by atoms with Crippen molar-refractivity contribution in [1.82, 2.24) is 0 Å². The molecule has 0 fully saturated rings. The van der Waals surface area contributed by atoms with Crippen LogP contribution in [-0.2, 0) is 9.53 Å². The summed E-state index contributed by atoms with van der Waals surface area (Å²) < 4.78 is 5.36. The minimum absolute atomic E-state index is 0.0295. The summed E-state index contributed by atoms with van der Waals surface area (Å²) >= 11 is 0. The molecule has 1 unspecified atom stereocenters. The number of hydrogen-bond acceptors (Lipinski definition) is 2. The fourth-order valence-corrected chi connectivity index (χ4v) is 1.71. The van der Waals surface area contributed by atoms with Gasteiger partial charge in [-0.25, -0.2) is 0 Å². The minimum atomic E-state index is -0.0295. The number of esters is 1. The average Bonchev–Trinajstić information content (AvgIpc) is 2.52. The summed E-state index contributed by atoms with van der Waals surface area (Å²) in [5, 5.41) is 0. The number of carbonyl (C=O) groups excluding carboxylic acids is 1. The number of unbranched alkanes of at least 4 members (excludes halogenated alkanes) is 2. The SMILES string of the molecule is CCCCCC(=O)OC1CCC=C1C. The summed E-state index contributed by atoms with van der Waals surface area (Å²) in [5.41, 5.74) is 1.22. The molecule has 1 atom stereocenters. The first-order chi connectivity index (χ1) is 6.74. The number of hydrogen-bond donors (Lipinski definition) is 0. The highest BCUT2D eigenvalue weighted by atomic mass is 16.5. The summed E-state index contributed by atoms with van der Waals surface area (Å²) in [6, 6.07) is 0. The maximum absolute atomic E-state index is 11.4. The van der Waals surface area contributed by atoms with Crippen LogP contribution >= 0.6 is 0 Å². The van der Waals surface area contributed by atoms with Crippen LogP contribution in [-0.4, -0.2) is 12.1 Å². The quantitative estimate of drug-likeness (QED) is 0.383. The molecule has 80 valence electrons. The molecule has 1 aliphatic rings. The Bertz CT molecular complexity index is 218. The van der Waals surface area contributed by atoms with Crippen molar-refractivity contribution in [3.63, 3.8) is 0 Å². The summed E-state index contributed by atoms with van der Waals surface area (Å²) in [6.07, 6.45) is 8.07. The maximum Gasteiger partial charge on any atom is 0.306 e. The van der Waals surface area contributed by atoms with E-state index in [1.807, 2.05) is 6.92 Å². The molecule has 0 heterocycles. The topological polar surface area (TPSA) is 26.3 Å². The number of rotatable bonds is 5. The molecule has 0 radical (unpaired) electrons. The van der Waals surface area contributed by atoms with Gasteiger partial charge in [0.2, 0.25) is 0 Å². The third-order valence-electron chi connectivity index (χ3n) is 2.66. The van der Waals surface area contributed by atoms with Crippen LogP contribution in [0.2, 0.25) is 0 Å². The smallest absolute Gasteiger partial charge is 0.306 e. The Labute approximate surface area is 86.3 Å². The summed E-state index contributed by atoms with van der Waals surface area (Å²) in [5.74, 6) is -0.0295. The van der Waals surface area contributed by atoms with Gasteiger partial charge in [0, 0.05) is 6.42 Å². The van der Waals surface area contributed by atoms with Gasteiger partial charge in [-0.2, -0.15) is 0 Å². The minimum Gasteiger partial charge on any atom is -0.458 e. The molecule has 1 rings (SSSR count). The highest BCUT2D eigenvalue weighted by Crippen LogP contribution is 2.21. The Hall–Kier alpha value is -0.790. The average molecular weight is 196 g/mol. The zero-order valence-corrected chi connectivity index (χ0v) is 9.21. The molecule has 2 heteroatoms. The van der Waals surface area contributed by atoms with Crippen LogP contribution in [0.15, 0.2) is 11.6 Å². The first kappa shape index (κ1) is 11.3. The van der Waals surface area contributed by atoms with Crippen molar-refractivity contribution in [3.05, 3.63) is 11.6 Å². The monoisotopic (exact) mass is 196 g/mol. The van der Waals surface area contributed by atoms with Crippen molar-refractivity contribution < 1.29 is 9.53 Å². The van der Waals surface area contributed by atoms with Gasteiger partial charge >= 0.3 is 5.97 Å². The predicted octanol–water partition coefficient (Wildman–Crippen LogP) is 3.22. The Morgan fingerprint density at radius 3 is 2.93 bits per heavy atom. The van der Waals surface area contributed by atoms with Crippen LogP contribution in [0, 0.1) is 0 Å². The van der Waals surface area contributed by atoms with Crippen LogP contribution in [0.4, 0.5) is 0 Å². The molecule has 0 N–H and O–H groups in total. The van der Waals surface area contributed by atoms with Crippen molar-refractivity contribution >= 4 is 5.97 Å². The number of carbonyl (C=O) groups is 1. The van der Waals surface area contributed by atoms with Gasteiger partial charge in [0.1, 0.15) is 6.10 Å². The van der Waals surface area contributed by atoms with Gasteiger partial charge in [-0.15, -0.1) is 0 Å². The van der Waals surface area contributed by atoms with Gasteiger partial charge in [-0.1, -0.05) is 25.8 Å². The molecule has 0 aromatic heterocycles. The Morgan fingerprint density at radius 1 is 1.57 bits per heavy atom. The van der Waals surface area contributed by atoms with E-state index in [1.54, 1.807) is 0 Å². The van der Waals surface area contributed by atoms with Crippen LogP contribution in [0.3, 0.4) is 0 Å². The van der Waals surface area contributed by atoms with Gasteiger partial charge < -0.3 is 4.74 Å². The van der Waals surface area contributed by atoms with Crippen LogP contribution in [0.1, 0.15) is 52.4 Å². The van der Waals surface area contributed by atoms with E-state index in [1.165, 1.54) is 5.57 Å². The lowest BCUT2D eigenvalue weighted by Gasteiger charge is -2.13. The van der Waals surface area contributed by atoms with E-state index < -0.39 is 0 Å². The summed E-state index contributed by atoms with van der Waals surface area (Å²) in [4.78, 5) is 11.4. The van der Waals surface area contributed by atoms with Crippen LogP contribution < -0.4 is 0 Å². The van der Waals surface area contributed by atoms with E-state index in [2.05, 4.69) is 13.0 Å². The Morgan fingerprint density at radius 2 is 2.36 bits per heavy atom. The molecular weight excluding hydrogens is 176 g/mol. The largest absolute Gasteiger partial charge is 0.458 e. The molecule has 0 bridgehead atoms. The van der Waals surface area contributed by atoms with Gasteiger partial charge in [0.05, 0.1) is 0 Å². The molecule has 14 heavy (non-hydrogen) atoms. The highest BCUT2D eigenvalue weighted by Gasteiger charge is 2.19. The van der Waals surface area contributed by atoms with Crippen molar-refractivity contribution in [2.24, 2.45) is 0 Å². The van der Waals surface area contributed by atoms with Gasteiger partial charge in [0.25, 0.3) is 0 Å². The van der Waals surface area contributed by atoms with E-state index in [0.717, 1.165) is 32.1 Å². The molecule has 1 aliphatic carbocycles. The fourth-order valence-electron chi connectivity index (χ4n) is 1.71. The first-order valence-electron chi connectivity index (χ1n) is 5.60. The number of allylic oxidation sites excluding steroid dienone is 1. The van der Waals surface area contributed by atoms with Gasteiger partial charge in [-0.3, -0.25) is 4.79 Å². The second-order valence-electron chi connectivity index (χ2n) is 3.96.